The Morgan fingerprint density at radius 3 is 2.89 bits per heavy atom. The van der Waals surface area contributed by atoms with Gasteiger partial charge in [0.1, 0.15) is 0 Å². The van der Waals surface area contributed by atoms with Gasteiger partial charge in [0.05, 0.1) is 6.42 Å². The first-order valence-corrected chi connectivity index (χ1v) is 6.61. The molecular weight excluding hydrogens is 226 g/mol. The highest BCUT2D eigenvalue weighted by atomic mass is 16.2. The molecule has 2 heterocycles. The van der Waals surface area contributed by atoms with Crippen LogP contribution in [0.2, 0.25) is 0 Å². The van der Waals surface area contributed by atoms with E-state index in [1.165, 1.54) is 11.1 Å². The SMILES string of the molecule is NCCc1ccc2c(c1)CC(=O)N2CC1CNC1. The minimum Gasteiger partial charge on any atom is -0.330 e. The van der Waals surface area contributed by atoms with Gasteiger partial charge in [0.15, 0.2) is 0 Å². The van der Waals surface area contributed by atoms with E-state index >= 15 is 0 Å². The Balaban J connectivity index is 1.80. The molecule has 1 aromatic carbocycles. The number of benzene rings is 1. The number of carbonyl (C=O) groups is 1. The van der Waals surface area contributed by atoms with Crippen molar-refractivity contribution in [3.63, 3.8) is 0 Å². The molecule has 0 aliphatic carbocycles. The predicted octanol–water partition coefficient (Wildman–Crippen LogP) is 0.296. The molecule has 2 aliphatic rings. The number of rotatable bonds is 4. The van der Waals surface area contributed by atoms with Crippen LogP contribution in [0.15, 0.2) is 18.2 Å². The molecule has 3 N–H and O–H groups in total. The molecule has 0 saturated carbocycles. The molecule has 2 aliphatic heterocycles. The van der Waals surface area contributed by atoms with Crippen molar-refractivity contribution in [2.24, 2.45) is 11.7 Å². The number of nitrogens with one attached hydrogen (secondary N) is 1. The van der Waals surface area contributed by atoms with Gasteiger partial charge in [-0.25, -0.2) is 0 Å². The van der Waals surface area contributed by atoms with Gasteiger partial charge in [0.2, 0.25) is 5.91 Å². The maximum Gasteiger partial charge on any atom is 0.231 e. The number of hydrogen-bond acceptors (Lipinski definition) is 3. The Hall–Kier alpha value is -1.39. The number of fused-ring (bicyclic) bond motifs is 1. The molecule has 0 aromatic heterocycles. The summed E-state index contributed by atoms with van der Waals surface area (Å²) in [7, 11) is 0. The van der Waals surface area contributed by atoms with Crippen molar-refractivity contribution in [3.8, 4) is 0 Å². The molecule has 0 spiro atoms. The molecular formula is C14H19N3O. The van der Waals surface area contributed by atoms with Crippen molar-refractivity contribution in [3.05, 3.63) is 29.3 Å². The largest absolute Gasteiger partial charge is 0.330 e. The van der Waals surface area contributed by atoms with Crippen LogP contribution in [0, 0.1) is 5.92 Å². The summed E-state index contributed by atoms with van der Waals surface area (Å²) in [6.45, 7) is 3.58. The molecule has 0 unspecified atom stereocenters. The van der Waals surface area contributed by atoms with Crippen LogP contribution in [0.5, 0.6) is 0 Å². The fraction of sp³-hybridized carbons (Fsp3) is 0.500. The van der Waals surface area contributed by atoms with Crippen LogP contribution in [0.25, 0.3) is 0 Å². The molecule has 4 heteroatoms. The molecule has 18 heavy (non-hydrogen) atoms. The minimum absolute atomic E-state index is 0.238. The Labute approximate surface area is 107 Å². The first-order valence-electron chi connectivity index (χ1n) is 6.61. The van der Waals surface area contributed by atoms with Gasteiger partial charge < -0.3 is 16.0 Å². The van der Waals surface area contributed by atoms with Crippen molar-refractivity contribution in [2.45, 2.75) is 12.8 Å². The highest BCUT2D eigenvalue weighted by Gasteiger charge is 2.30. The Kier molecular flexibility index (Phi) is 3.06. The summed E-state index contributed by atoms with van der Waals surface area (Å²) >= 11 is 0. The average Bonchev–Trinajstić information content (AvgIpc) is 2.59. The molecule has 96 valence electrons. The van der Waals surface area contributed by atoms with E-state index in [2.05, 4.69) is 23.5 Å². The summed E-state index contributed by atoms with van der Waals surface area (Å²) in [5.74, 6) is 0.852. The molecule has 0 radical (unpaired) electrons. The third kappa shape index (κ3) is 2.02. The van der Waals surface area contributed by atoms with Gasteiger partial charge in [-0.1, -0.05) is 12.1 Å². The highest BCUT2D eigenvalue weighted by Crippen LogP contribution is 2.30. The lowest BCUT2D eigenvalue weighted by Gasteiger charge is -2.31. The van der Waals surface area contributed by atoms with Crippen molar-refractivity contribution < 1.29 is 4.79 Å². The van der Waals surface area contributed by atoms with Gasteiger partial charge in [0.25, 0.3) is 0 Å². The summed E-state index contributed by atoms with van der Waals surface area (Å²) in [6, 6.07) is 6.31. The normalized spacial score (nSPS) is 18.9. The number of nitrogens with zero attached hydrogens (tertiary/aromatic N) is 1. The first-order chi connectivity index (χ1) is 8.78. The standard InChI is InChI=1S/C14H19N3O/c15-4-3-10-1-2-13-12(5-10)6-14(18)17(13)9-11-7-16-8-11/h1-2,5,11,16H,3-4,6-9,15H2. The number of hydrogen-bond donors (Lipinski definition) is 2. The van der Waals surface area contributed by atoms with Crippen molar-refractivity contribution in [1.82, 2.24) is 5.32 Å². The molecule has 1 aromatic rings. The Morgan fingerprint density at radius 2 is 2.22 bits per heavy atom. The second kappa shape index (κ2) is 4.71. The second-order valence-electron chi connectivity index (χ2n) is 5.21. The molecule has 1 fully saturated rings. The lowest BCUT2D eigenvalue weighted by Crippen LogP contribution is -2.49. The number of amides is 1. The summed E-state index contributed by atoms with van der Waals surface area (Å²) in [6.07, 6.45) is 1.43. The van der Waals surface area contributed by atoms with E-state index in [9.17, 15) is 4.79 Å². The van der Waals surface area contributed by atoms with Gasteiger partial charge in [-0.15, -0.1) is 0 Å². The average molecular weight is 245 g/mol. The number of carbonyl (C=O) groups excluding carboxylic acids is 1. The maximum absolute atomic E-state index is 12.1. The zero-order valence-electron chi connectivity index (χ0n) is 10.5. The molecule has 1 saturated heterocycles. The summed E-state index contributed by atoms with van der Waals surface area (Å²) in [5, 5.41) is 3.25. The van der Waals surface area contributed by atoms with Crippen LogP contribution in [0.3, 0.4) is 0 Å². The molecule has 3 rings (SSSR count). The maximum atomic E-state index is 12.1. The highest BCUT2D eigenvalue weighted by molar-refractivity contribution is 6.01. The van der Waals surface area contributed by atoms with Crippen LogP contribution >= 0.6 is 0 Å². The fourth-order valence-corrected chi connectivity index (χ4v) is 2.69. The van der Waals surface area contributed by atoms with E-state index in [0.717, 1.165) is 31.7 Å². The van der Waals surface area contributed by atoms with Crippen LogP contribution < -0.4 is 16.0 Å². The van der Waals surface area contributed by atoms with Crippen LogP contribution in [0.4, 0.5) is 5.69 Å². The Bertz CT molecular complexity index is 468. The summed E-state index contributed by atoms with van der Waals surface area (Å²) < 4.78 is 0. The van der Waals surface area contributed by atoms with Gasteiger partial charge in [-0.3, -0.25) is 4.79 Å². The molecule has 0 bridgehead atoms. The van der Waals surface area contributed by atoms with Crippen LogP contribution in [0.1, 0.15) is 11.1 Å². The molecule has 0 atom stereocenters. The van der Waals surface area contributed by atoms with Gasteiger partial charge in [0, 0.05) is 31.2 Å². The first kappa shape index (κ1) is 11.7. The fourth-order valence-electron chi connectivity index (χ4n) is 2.69. The smallest absolute Gasteiger partial charge is 0.231 e. The van der Waals surface area contributed by atoms with E-state index in [-0.39, 0.29) is 5.91 Å². The lowest BCUT2D eigenvalue weighted by atomic mass is 10.0. The molecule has 4 nitrogen and oxygen atoms in total. The van der Waals surface area contributed by atoms with E-state index in [1.807, 2.05) is 4.90 Å². The third-order valence-electron chi connectivity index (χ3n) is 3.82. The van der Waals surface area contributed by atoms with Gasteiger partial charge in [-0.05, 0) is 30.2 Å². The van der Waals surface area contributed by atoms with Gasteiger partial charge in [-0.2, -0.15) is 0 Å². The van der Waals surface area contributed by atoms with E-state index in [4.69, 9.17) is 5.73 Å². The van der Waals surface area contributed by atoms with Gasteiger partial charge >= 0.3 is 0 Å². The zero-order valence-corrected chi connectivity index (χ0v) is 10.5. The predicted molar refractivity (Wildman–Crippen MR) is 71.6 cm³/mol. The second-order valence-corrected chi connectivity index (χ2v) is 5.21. The van der Waals surface area contributed by atoms with E-state index in [1.54, 1.807) is 0 Å². The Morgan fingerprint density at radius 1 is 1.39 bits per heavy atom. The quantitative estimate of drug-likeness (QED) is 0.802. The third-order valence-corrected chi connectivity index (χ3v) is 3.82. The molecule has 1 amide bonds. The summed E-state index contributed by atoms with van der Waals surface area (Å²) in [4.78, 5) is 14.0. The van der Waals surface area contributed by atoms with Crippen molar-refractivity contribution in [1.29, 1.82) is 0 Å². The summed E-state index contributed by atoms with van der Waals surface area (Å²) in [5.41, 5.74) is 9.07. The van der Waals surface area contributed by atoms with Crippen LogP contribution in [-0.4, -0.2) is 32.1 Å². The number of anilines is 1. The monoisotopic (exact) mass is 245 g/mol. The number of nitrogens with two attached hydrogens (primary N) is 1. The minimum atomic E-state index is 0.238. The van der Waals surface area contributed by atoms with E-state index < -0.39 is 0 Å². The van der Waals surface area contributed by atoms with Crippen LogP contribution in [-0.2, 0) is 17.6 Å². The van der Waals surface area contributed by atoms with Crippen molar-refractivity contribution in [2.75, 3.05) is 31.1 Å². The van der Waals surface area contributed by atoms with E-state index in [0.29, 0.717) is 18.9 Å². The lowest BCUT2D eigenvalue weighted by molar-refractivity contribution is -0.117. The zero-order chi connectivity index (χ0) is 12.5. The topological polar surface area (TPSA) is 58.4 Å². The van der Waals surface area contributed by atoms with Crippen molar-refractivity contribution >= 4 is 11.6 Å².